The molecule has 0 aliphatic carbocycles. The van der Waals surface area contributed by atoms with Crippen molar-refractivity contribution < 1.29 is 71.4 Å². The van der Waals surface area contributed by atoms with E-state index in [2.05, 4.69) is 20.1 Å². The van der Waals surface area contributed by atoms with Gasteiger partial charge in [0.2, 0.25) is 12.1 Å². The largest absolute Gasteiger partial charge is 0.460 e. The normalized spacial score (nSPS) is 30.4. The van der Waals surface area contributed by atoms with Crippen LogP contribution in [0.1, 0.15) is 41.5 Å². The lowest BCUT2D eigenvalue weighted by Crippen LogP contribution is -2.65. The van der Waals surface area contributed by atoms with E-state index in [0.29, 0.717) is 0 Å². The van der Waals surface area contributed by atoms with Crippen LogP contribution in [-0.4, -0.2) is 110 Å². The van der Waals surface area contributed by atoms with Crippen LogP contribution in [0.3, 0.4) is 0 Å². The number of esters is 6. The summed E-state index contributed by atoms with van der Waals surface area (Å²) >= 11 is 0. The third kappa shape index (κ3) is 10.2. The number of hydrogen-bond donors (Lipinski definition) is 0. The molecule has 2 heterocycles. The molecule has 0 aromatic heterocycles. The quantitative estimate of drug-likeness (QED) is 0.0875. The predicted octanol–water partition coefficient (Wildman–Crippen LogP) is 0.665. The van der Waals surface area contributed by atoms with E-state index in [1.54, 1.807) is 0 Å². The second-order valence-corrected chi connectivity index (χ2v) is 9.56. The van der Waals surface area contributed by atoms with Crippen LogP contribution in [0.5, 0.6) is 0 Å². The third-order valence-electron chi connectivity index (χ3n) is 5.98. The van der Waals surface area contributed by atoms with Crippen molar-refractivity contribution in [2.24, 2.45) is 10.2 Å². The molecule has 21 nitrogen and oxygen atoms in total. The van der Waals surface area contributed by atoms with E-state index < -0.39 is 110 Å². The molecule has 2 rings (SSSR count). The van der Waals surface area contributed by atoms with Crippen LogP contribution in [0.15, 0.2) is 10.2 Å². The van der Waals surface area contributed by atoms with Gasteiger partial charge in [0.1, 0.15) is 18.8 Å². The molecule has 2 fully saturated rings. The number of azide groups is 2. The Labute approximate surface area is 254 Å². The van der Waals surface area contributed by atoms with Crippen molar-refractivity contribution >= 4 is 35.8 Å². The molecule has 9 atom stereocenters. The average Bonchev–Trinajstić information content (AvgIpc) is 3.18. The summed E-state index contributed by atoms with van der Waals surface area (Å²) in [6.45, 7) is 4.14. The number of carbonyl (C=O) groups is 6. The molecule has 0 bridgehead atoms. The van der Waals surface area contributed by atoms with E-state index in [1.807, 2.05) is 0 Å². The summed E-state index contributed by atoms with van der Waals surface area (Å²) in [4.78, 5) is 77.9. The third-order valence-corrected chi connectivity index (χ3v) is 5.98. The highest BCUT2D eigenvalue weighted by atomic mass is 16.8. The minimum absolute atomic E-state index is 0.513. The fraction of sp³-hybridized carbons (Fsp3) is 0.750. The molecule has 21 heteroatoms. The molecular weight excluding hydrogens is 612 g/mol. The monoisotopic (exact) mass is 644 g/mol. The van der Waals surface area contributed by atoms with Crippen LogP contribution >= 0.6 is 0 Å². The SMILES string of the molecule is CC(=O)OC[C@@]1(O[C@H]2O[C@H](CN=[N+]=[N-])[C@@H](OC(C)=O)[C@H](OC(C)=O)[C@H]2OC(C)=O)O[C@H](CN=[N+]=[N-])[C@@H](OC(C)=O)[C@@H]1OC(C)=O. The molecule has 45 heavy (non-hydrogen) atoms. The summed E-state index contributed by atoms with van der Waals surface area (Å²) in [5, 5.41) is 6.85. The first kappa shape index (κ1) is 36.5. The minimum atomic E-state index is -2.45. The van der Waals surface area contributed by atoms with Crippen molar-refractivity contribution in [2.75, 3.05) is 19.7 Å². The average molecular weight is 645 g/mol. The molecule has 2 aliphatic heterocycles. The van der Waals surface area contributed by atoms with Gasteiger partial charge >= 0.3 is 35.8 Å². The first-order valence-electron chi connectivity index (χ1n) is 13.2. The highest BCUT2D eigenvalue weighted by molar-refractivity contribution is 5.69. The van der Waals surface area contributed by atoms with Crippen molar-refractivity contribution in [1.29, 1.82) is 0 Å². The van der Waals surface area contributed by atoms with Crippen molar-refractivity contribution in [3.05, 3.63) is 20.9 Å². The van der Waals surface area contributed by atoms with E-state index in [9.17, 15) is 28.8 Å². The van der Waals surface area contributed by atoms with Crippen LogP contribution in [0, 0.1) is 0 Å². The van der Waals surface area contributed by atoms with E-state index in [-0.39, 0.29) is 0 Å². The van der Waals surface area contributed by atoms with Gasteiger partial charge in [-0.25, -0.2) is 0 Å². The Kier molecular flexibility index (Phi) is 13.3. The van der Waals surface area contributed by atoms with E-state index >= 15 is 0 Å². The molecular formula is C24H32N6O15. The number of nitrogens with zero attached hydrogens (tertiary/aromatic N) is 6. The molecule has 0 amide bonds. The van der Waals surface area contributed by atoms with Gasteiger partial charge in [0.25, 0.3) is 0 Å². The summed E-state index contributed by atoms with van der Waals surface area (Å²) in [6.07, 6.45) is -12.9. The number of ether oxygens (including phenoxy) is 9. The summed E-state index contributed by atoms with van der Waals surface area (Å²) < 4.78 is 50.0. The molecule has 0 saturated carbocycles. The van der Waals surface area contributed by atoms with Gasteiger partial charge in [-0.1, -0.05) is 10.2 Å². The lowest BCUT2D eigenvalue weighted by molar-refractivity contribution is -0.381. The van der Waals surface area contributed by atoms with Crippen molar-refractivity contribution in [3.63, 3.8) is 0 Å². The molecule has 0 spiro atoms. The van der Waals surface area contributed by atoms with Gasteiger partial charge in [-0.2, -0.15) is 0 Å². The Hall–Kier alpha value is -4.68. The molecule has 2 saturated heterocycles. The Morgan fingerprint density at radius 1 is 0.644 bits per heavy atom. The standard InChI is InChI=1S/C24H32N6O15/c1-10(31)37-9-24(22(42-15(6)36)19(39-12(3)33)17(44-24)8-28-30-26)45-23-21(41-14(5)35)20(40-13(4)34)18(38-11(2)32)16(43-23)7-27-29-25/h16-23H,7-9H2,1-6H3/t16-,17-,18-,19-,20+,21-,22+,23-,24+/m1/s1. The van der Waals surface area contributed by atoms with E-state index in [1.165, 1.54) is 0 Å². The second-order valence-electron chi connectivity index (χ2n) is 9.56. The fourth-order valence-corrected chi connectivity index (χ4v) is 4.62. The van der Waals surface area contributed by atoms with Crippen LogP contribution in [-0.2, 0) is 71.4 Å². The highest BCUT2D eigenvalue weighted by Crippen LogP contribution is 2.41. The Morgan fingerprint density at radius 3 is 1.60 bits per heavy atom. The first-order valence-corrected chi connectivity index (χ1v) is 13.2. The molecule has 0 radical (unpaired) electrons. The zero-order valence-corrected chi connectivity index (χ0v) is 25.0. The first-order chi connectivity index (χ1) is 21.1. The molecule has 248 valence electrons. The van der Waals surface area contributed by atoms with Crippen molar-refractivity contribution in [1.82, 2.24) is 0 Å². The summed E-state index contributed by atoms with van der Waals surface area (Å²) in [6, 6.07) is 0. The van der Waals surface area contributed by atoms with Gasteiger partial charge in [-0.3, -0.25) is 28.8 Å². The molecule has 0 aromatic rings. The Morgan fingerprint density at radius 2 is 1.11 bits per heavy atom. The van der Waals surface area contributed by atoms with Crippen LogP contribution in [0.2, 0.25) is 0 Å². The van der Waals surface area contributed by atoms with Gasteiger partial charge in [0.15, 0.2) is 30.5 Å². The van der Waals surface area contributed by atoms with Crippen LogP contribution < -0.4 is 0 Å². The zero-order valence-electron chi connectivity index (χ0n) is 25.0. The minimum Gasteiger partial charge on any atom is -0.460 e. The van der Waals surface area contributed by atoms with Crippen molar-refractivity contribution in [2.45, 2.75) is 96.3 Å². The summed E-state index contributed by atoms with van der Waals surface area (Å²) in [5.74, 6) is -7.91. The molecule has 2 aliphatic rings. The van der Waals surface area contributed by atoms with Gasteiger partial charge in [0, 0.05) is 51.4 Å². The van der Waals surface area contributed by atoms with Gasteiger partial charge < -0.3 is 42.6 Å². The number of hydrogen-bond acceptors (Lipinski definition) is 17. The fourth-order valence-electron chi connectivity index (χ4n) is 4.62. The maximum Gasteiger partial charge on any atom is 0.303 e. The summed E-state index contributed by atoms with van der Waals surface area (Å²) in [7, 11) is 0. The molecule has 0 unspecified atom stereocenters. The molecule has 0 N–H and O–H groups in total. The van der Waals surface area contributed by atoms with Gasteiger partial charge in [-0.15, -0.1) is 0 Å². The second kappa shape index (κ2) is 16.4. The summed E-state index contributed by atoms with van der Waals surface area (Å²) in [5.41, 5.74) is 17.9. The zero-order chi connectivity index (χ0) is 33.9. The Balaban J connectivity index is 2.79. The lowest BCUT2D eigenvalue weighted by Gasteiger charge is -2.46. The van der Waals surface area contributed by atoms with E-state index in [4.69, 9.17) is 53.7 Å². The van der Waals surface area contributed by atoms with Gasteiger partial charge in [-0.05, 0) is 11.1 Å². The van der Waals surface area contributed by atoms with Crippen molar-refractivity contribution in [3.8, 4) is 0 Å². The topological polar surface area (TPSA) is 283 Å². The number of carbonyl (C=O) groups excluding carboxylic acids is 6. The number of rotatable bonds is 13. The maximum absolute atomic E-state index is 12.3. The van der Waals surface area contributed by atoms with Crippen LogP contribution in [0.25, 0.3) is 20.9 Å². The van der Waals surface area contributed by atoms with E-state index in [0.717, 1.165) is 41.5 Å². The predicted molar refractivity (Wildman–Crippen MR) is 140 cm³/mol. The lowest BCUT2D eigenvalue weighted by atomic mass is 9.97. The maximum atomic E-state index is 12.3. The smallest absolute Gasteiger partial charge is 0.303 e. The Bertz CT molecular complexity index is 1250. The molecule has 0 aromatic carbocycles. The highest BCUT2D eigenvalue weighted by Gasteiger charge is 2.64. The van der Waals surface area contributed by atoms with Gasteiger partial charge in [0.05, 0.1) is 13.1 Å². The van der Waals surface area contributed by atoms with Crippen LogP contribution in [0.4, 0.5) is 0 Å².